The first-order chi connectivity index (χ1) is 9.43. The van der Waals surface area contributed by atoms with Crippen molar-refractivity contribution in [1.29, 1.82) is 0 Å². The van der Waals surface area contributed by atoms with Crippen molar-refractivity contribution in [3.05, 3.63) is 65.2 Å². The fourth-order valence-corrected chi connectivity index (χ4v) is 1.90. The van der Waals surface area contributed by atoms with Crippen molar-refractivity contribution >= 4 is 0 Å². The van der Waals surface area contributed by atoms with Crippen molar-refractivity contribution in [3.8, 4) is 0 Å². The van der Waals surface area contributed by atoms with Crippen LogP contribution >= 0.6 is 0 Å². The smallest absolute Gasteiger partial charge is 0.271 e. The van der Waals surface area contributed by atoms with Gasteiger partial charge in [-0.05, 0) is 23.8 Å². The summed E-state index contributed by atoms with van der Waals surface area (Å²) in [6, 6.07) is 6.45. The molecule has 1 aromatic heterocycles. The average Bonchev–Trinajstić information content (AvgIpc) is 2.41. The van der Waals surface area contributed by atoms with Gasteiger partial charge in [-0.1, -0.05) is 18.2 Å². The standard InChI is InChI=1S/C13H11F4N3/c14-8-5-6-11(19-7-8)12(20-18)9-3-1-2-4-10(9)13(15,16)17/h1-7,12,20H,18H2. The Morgan fingerprint density at radius 1 is 1.10 bits per heavy atom. The summed E-state index contributed by atoms with van der Waals surface area (Å²) in [5.74, 6) is 4.76. The molecule has 1 heterocycles. The molecule has 0 radical (unpaired) electrons. The summed E-state index contributed by atoms with van der Waals surface area (Å²) in [7, 11) is 0. The summed E-state index contributed by atoms with van der Waals surface area (Å²) >= 11 is 0. The van der Waals surface area contributed by atoms with E-state index in [2.05, 4.69) is 10.4 Å². The second kappa shape index (κ2) is 5.56. The predicted octanol–water partition coefficient (Wildman–Crippen LogP) is 2.79. The number of hydrogen-bond acceptors (Lipinski definition) is 3. The molecule has 1 atom stereocenters. The Kier molecular flexibility index (Phi) is 4.01. The third-order valence-electron chi connectivity index (χ3n) is 2.79. The highest BCUT2D eigenvalue weighted by molar-refractivity contribution is 5.36. The monoisotopic (exact) mass is 285 g/mol. The van der Waals surface area contributed by atoms with Crippen LogP contribution in [0, 0.1) is 5.82 Å². The molecule has 0 aliphatic rings. The van der Waals surface area contributed by atoms with E-state index >= 15 is 0 Å². The van der Waals surface area contributed by atoms with Gasteiger partial charge in [-0.15, -0.1) is 0 Å². The summed E-state index contributed by atoms with van der Waals surface area (Å²) in [6.07, 6.45) is -3.58. The van der Waals surface area contributed by atoms with Crippen LogP contribution < -0.4 is 11.3 Å². The van der Waals surface area contributed by atoms with Crippen LogP contribution in [0.3, 0.4) is 0 Å². The zero-order valence-electron chi connectivity index (χ0n) is 10.2. The Bertz CT molecular complexity index is 581. The molecule has 1 aromatic carbocycles. The number of nitrogens with zero attached hydrogens (tertiary/aromatic N) is 1. The molecule has 0 fully saturated rings. The lowest BCUT2D eigenvalue weighted by Gasteiger charge is -2.20. The minimum atomic E-state index is -4.51. The Morgan fingerprint density at radius 2 is 1.80 bits per heavy atom. The fourth-order valence-electron chi connectivity index (χ4n) is 1.90. The van der Waals surface area contributed by atoms with Crippen molar-refractivity contribution in [2.24, 2.45) is 5.84 Å². The number of halogens is 4. The lowest BCUT2D eigenvalue weighted by atomic mass is 9.97. The highest BCUT2D eigenvalue weighted by Crippen LogP contribution is 2.35. The first kappa shape index (κ1) is 14.4. The van der Waals surface area contributed by atoms with E-state index in [0.717, 1.165) is 18.3 Å². The van der Waals surface area contributed by atoms with Gasteiger partial charge in [0, 0.05) is 0 Å². The Morgan fingerprint density at radius 3 is 2.35 bits per heavy atom. The van der Waals surface area contributed by atoms with Crippen LogP contribution in [0.15, 0.2) is 42.6 Å². The molecule has 0 aliphatic heterocycles. The average molecular weight is 285 g/mol. The quantitative estimate of drug-likeness (QED) is 0.518. The molecule has 3 N–H and O–H groups in total. The molecule has 2 rings (SSSR count). The summed E-state index contributed by atoms with van der Waals surface area (Å²) in [4.78, 5) is 3.76. The molecule has 0 amide bonds. The van der Waals surface area contributed by atoms with Crippen LogP contribution in [-0.2, 0) is 6.18 Å². The van der Waals surface area contributed by atoms with E-state index in [-0.39, 0.29) is 11.3 Å². The number of hydrogen-bond donors (Lipinski definition) is 2. The van der Waals surface area contributed by atoms with Crippen LogP contribution in [0.5, 0.6) is 0 Å². The van der Waals surface area contributed by atoms with E-state index in [4.69, 9.17) is 5.84 Å². The maximum absolute atomic E-state index is 13.0. The van der Waals surface area contributed by atoms with Crippen molar-refractivity contribution in [2.75, 3.05) is 0 Å². The lowest BCUT2D eigenvalue weighted by Crippen LogP contribution is -2.31. The number of benzene rings is 1. The minimum absolute atomic E-state index is 0.0680. The van der Waals surface area contributed by atoms with E-state index in [9.17, 15) is 17.6 Å². The maximum atomic E-state index is 13.0. The van der Waals surface area contributed by atoms with Crippen LogP contribution in [0.4, 0.5) is 17.6 Å². The molecule has 2 aromatic rings. The third kappa shape index (κ3) is 2.94. The van der Waals surface area contributed by atoms with Gasteiger partial charge in [-0.2, -0.15) is 13.2 Å². The second-order valence-electron chi connectivity index (χ2n) is 4.09. The van der Waals surface area contributed by atoms with Gasteiger partial charge in [-0.25, -0.2) is 9.82 Å². The van der Waals surface area contributed by atoms with Gasteiger partial charge in [0.15, 0.2) is 0 Å². The summed E-state index contributed by atoms with van der Waals surface area (Å²) in [6.45, 7) is 0. The zero-order chi connectivity index (χ0) is 14.8. The first-order valence-electron chi connectivity index (χ1n) is 5.67. The molecule has 0 bridgehead atoms. The summed E-state index contributed by atoms with van der Waals surface area (Å²) in [5, 5.41) is 0. The lowest BCUT2D eigenvalue weighted by molar-refractivity contribution is -0.138. The normalized spacial score (nSPS) is 13.2. The Hall–Kier alpha value is -1.99. The number of hydrazine groups is 1. The number of rotatable bonds is 3. The largest absolute Gasteiger partial charge is 0.416 e. The first-order valence-corrected chi connectivity index (χ1v) is 5.67. The minimum Gasteiger partial charge on any atom is -0.271 e. The van der Waals surface area contributed by atoms with Gasteiger partial charge >= 0.3 is 6.18 Å². The van der Waals surface area contributed by atoms with Gasteiger partial charge in [0.25, 0.3) is 0 Å². The van der Waals surface area contributed by atoms with E-state index in [1.807, 2.05) is 0 Å². The third-order valence-corrected chi connectivity index (χ3v) is 2.79. The topological polar surface area (TPSA) is 50.9 Å². The molecule has 0 saturated heterocycles. The van der Waals surface area contributed by atoms with Crippen LogP contribution in [-0.4, -0.2) is 4.98 Å². The number of aromatic nitrogens is 1. The number of pyridine rings is 1. The van der Waals surface area contributed by atoms with Crippen molar-refractivity contribution in [3.63, 3.8) is 0 Å². The molecule has 0 saturated carbocycles. The summed E-state index contributed by atoms with van der Waals surface area (Å²) in [5.41, 5.74) is 1.60. The second-order valence-corrected chi connectivity index (χ2v) is 4.09. The molecule has 1 unspecified atom stereocenters. The van der Waals surface area contributed by atoms with Gasteiger partial charge in [-0.3, -0.25) is 10.8 Å². The van der Waals surface area contributed by atoms with E-state index < -0.39 is 23.6 Å². The number of nitrogens with two attached hydrogens (primary N) is 1. The van der Waals surface area contributed by atoms with Crippen molar-refractivity contribution < 1.29 is 17.6 Å². The Labute approximate surface area is 112 Å². The van der Waals surface area contributed by atoms with Gasteiger partial charge in [0.1, 0.15) is 5.82 Å². The van der Waals surface area contributed by atoms with E-state index in [0.29, 0.717) is 0 Å². The van der Waals surface area contributed by atoms with Crippen molar-refractivity contribution in [1.82, 2.24) is 10.4 Å². The van der Waals surface area contributed by atoms with E-state index in [1.165, 1.54) is 24.3 Å². The molecule has 3 nitrogen and oxygen atoms in total. The molecule has 106 valence electrons. The van der Waals surface area contributed by atoms with Crippen molar-refractivity contribution in [2.45, 2.75) is 12.2 Å². The van der Waals surface area contributed by atoms with Gasteiger partial charge in [0.2, 0.25) is 0 Å². The van der Waals surface area contributed by atoms with Gasteiger partial charge < -0.3 is 0 Å². The maximum Gasteiger partial charge on any atom is 0.416 e. The Balaban J connectivity index is 2.50. The van der Waals surface area contributed by atoms with Crippen LogP contribution in [0.2, 0.25) is 0 Å². The molecular formula is C13H11F4N3. The number of nitrogens with one attached hydrogen (secondary N) is 1. The highest BCUT2D eigenvalue weighted by Gasteiger charge is 2.35. The van der Waals surface area contributed by atoms with Gasteiger partial charge in [0.05, 0.1) is 23.5 Å². The zero-order valence-corrected chi connectivity index (χ0v) is 10.2. The number of alkyl halides is 3. The van der Waals surface area contributed by atoms with E-state index in [1.54, 1.807) is 0 Å². The highest BCUT2D eigenvalue weighted by atomic mass is 19.4. The van der Waals surface area contributed by atoms with Crippen LogP contribution in [0.25, 0.3) is 0 Å². The molecule has 20 heavy (non-hydrogen) atoms. The molecular weight excluding hydrogens is 274 g/mol. The SMILES string of the molecule is NNC(c1ccc(F)cn1)c1ccccc1C(F)(F)F. The fraction of sp³-hybridized carbons (Fsp3) is 0.154. The predicted molar refractivity (Wildman–Crippen MR) is 64.8 cm³/mol. The summed E-state index contributed by atoms with van der Waals surface area (Å²) < 4.78 is 51.8. The van der Waals surface area contributed by atoms with Crippen LogP contribution in [0.1, 0.15) is 22.9 Å². The molecule has 0 aliphatic carbocycles. The molecule has 0 spiro atoms. The molecule has 7 heteroatoms.